The molecule has 1 aromatic heterocycles. The van der Waals surface area contributed by atoms with Crippen LogP contribution in [0.5, 0.6) is 0 Å². The number of carbonyl (C=O) groups excluding carboxylic acids is 1. The summed E-state index contributed by atoms with van der Waals surface area (Å²) in [5.41, 5.74) is 7.47. The van der Waals surface area contributed by atoms with Gasteiger partial charge in [0.05, 0.1) is 44.8 Å². The van der Waals surface area contributed by atoms with E-state index < -0.39 is 0 Å². The molecule has 0 saturated heterocycles. The monoisotopic (exact) mass is 373 g/mol. The van der Waals surface area contributed by atoms with Gasteiger partial charge in [-0.05, 0) is 5.56 Å². The molecule has 0 radical (unpaired) electrons. The summed E-state index contributed by atoms with van der Waals surface area (Å²) in [7, 11) is 1.60. The predicted octanol–water partition coefficient (Wildman–Crippen LogP) is 0.574. The van der Waals surface area contributed by atoms with Gasteiger partial charge in [0.1, 0.15) is 0 Å². The van der Waals surface area contributed by atoms with Crippen LogP contribution in [0.1, 0.15) is 17.7 Å². The molecule has 8 heteroatoms. The lowest BCUT2D eigenvalue weighted by Crippen LogP contribution is -2.24. The molecular weight excluding hydrogens is 346 g/mol. The lowest BCUT2D eigenvalue weighted by molar-refractivity contribution is -0.122. The summed E-state index contributed by atoms with van der Waals surface area (Å²) in [4.78, 5) is 10.9. The third-order valence-corrected chi connectivity index (χ3v) is 3.28. The molecule has 0 saturated carbocycles. The van der Waals surface area contributed by atoms with Gasteiger partial charge in [-0.3, -0.25) is 4.79 Å². The van der Waals surface area contributed by atoms with E-state index in [-0.39, 0.29) is 12.5 Å². The highest BCUT2D eigenvalue weighted by Gasteiger charge is 1.99. The smallest absolute Gasteiger partial charge is 0.223 e. The van der Waals surface area contributed by atoms with Crippen molar-refractivity contribution in [2.24, 2.45) is 5.73 Å². The molecule has 0 aliphatic carbocycles. The van der Waals surface area contributed by atoms with Gasteiger partial charge in [-0.15, -0.1) is 11.5 Å². The maximum Gasteiger partial charge on any atom is 0.223 e. The van der Waals surface area contributed by atoms with Crippen LogP contribution in [0.4, 0.5) is 0 Å². The number of nitrogens with zero attached hydrogens (tertiary/aromatic N) is 3. The van der Waals surface area contributed by atoms with E-state index in [1.807, 2.05) is 24.4 Å². The van der Waals surface area contributed by atoms with Gasteiger partial charge in [0.25, 0.3) is 0 Å². The second-order valence-electron chi connectivity index (χ2n) is 5.43. The van der Waals surface area contributed by atoms with E-state index in [2.05, 4.69) is 33.7 Å². The third kappa shape index (κ3) is 10.8. The highest BCUT2D eigenvalue weighted by molar-refractivity contribution is 5.76. The van der Waals surface area contributed by atoms with Gasteiger partial charge < -0.3 is 20.5 Å². The number of nitrogens with two attached hydrogens (primary N) is 1. The number of hydrogen-bond donors (Lipinski definition) is 2. The predicted molar refractivity (Wildman–Crippen MR) is 103 cm³/mol. The van der Waals surface area contributed by atoms with Crippen LogP contribution in [0.15, 0.2) is 36.5 Å². The molecule has 0 unspecified atom stereocenters. The zero-order valence-corrected chi connectivity index (χ0v) is 15.6. The highest BCUT2D eigenvalue weighted by atomic mass is 16.5. The van der Waals surface area contributed by atoms with Crippen LogP contribution < -0.4 is 11.1 Å². The van der Waals surface area contributed by atoms with E-state index in [0.717, 1.165) is 12.2 Å². The minimum absolute atomic E-state index is 0.0876. The Morgan fingerprint density at radius 2 is 2.07 bits per heavy atom. The molecule has 1 aromatic carbocycles. The van der Waals surface area contributed by atoms with E-state index >= 15 is 0 Å². The summed E-state index contributed by atoms with van der Waals surface area (Å²) >= 11 is 0. The van der Waals surface area contributed by atoms with Gasteiger partial charge in [0.15, 0.2) is 0 Å². The van der Waals surface area contributed by atoms with Gasteiger partial charge in [0, 0.05) is 20.1 Å². The Labute approximate surface area is 160 Å². The highest BCUT2D eigenvalue weighted by Crippen LogP contribution is 2.01. The summed E-state index contributed by atoms with van der Waals surface area (Å²) in [6, 6.07) is 10.1. The number of hydrogen-bond acceptors (Lipinski definition) is 6. The molecule has 0 aliphatic heterocycles. The number of carbonyl (C=O) groups is 1. The average Bonchev–Trinajstić information content (AvgIpc) is 3.15. The fourth-order valence-electron chi connectivity index (χ4n) is 1.93. The van der Waals surface area contributed by atoms with Crippen molar-refractivity contribution in [2.45, 2.75) is 19.5 Å². The van der Waals surface area contributed by atoms with Crippen molar-refractivity contribution in [3.63, 3.8) is 0 Å². The van der Waals surface area contributed by atoms with Gasteiger partial charge in [0.2, 0.25) is 5.91 Å². The maximum atomic E-state index is 10.9. The first-order chi connectivity index (χ1) is 13.2. The third-order valence-electron chi connectivity index (χ3n) is 3.28. The van der Waals surface area contributed by atoms with Crippen molar-refractivity contribution in [3.05, 3.63) is 47.8 Å². The van der Waals surface area contributed by atoms with Crippen molar-refractivity contribution < 1.29 is 14.3 Å². The first kappa shape index (κ1) is 22.3. The van der Waals surface area contributed by atoms with E-state index in [1.165, 1.54) is 5.56 Å². The van der Waals surface area contributed by atoms with Gasteiger partial charge in [-0.1, -0.05) is 41.5 Å². The molecule has 1 amide bonds. The van der Waals surface area contributed by atoms with Crippen LogP contribution in [-0.2, 0) is 27.4 Å². The summed E-state index contributed by atoms with van der Waals surface area (Å²) in [5.74, 6) is 2.23. The van der Waals surface area contributed by atoms with Crippen LogP contribution in [0.2, 0.25) is 0 Å². The van der Waals surface area contributed by atoms with Gasteiger partial charge in [-0.2, -0.15) is 0 Å². The average molecular weight is 373 g/mol. The number of ether oxygens (including phenoxy) is 2. The Hall–Kier alpha value is -2.73. The van der Waals surface area contributed by atoms with Crippen LogP contribution >= 0.6 is 0 Å². The zero-order valence-electron chi connectivity index (χ0n) is 15.6. The van der Waals surface area contributed by atoms with Crippen molar-refractivity contribution >= 4 is 5.91 Å². The molecule has 27 heavy (non-hydrogen) atoms. The normalized spacial score (nSPS) is 9.81. The molecule has 8 nitrogen and oxygen atoms in total. The van der Waals surface area contributed by atoms with Crippen molar-refractivity contribution in [3.8, 4) is 12.3 Å². The number of aromatic nitrogens is 3. The Bertz CT molecular complexity index is 682. The quantitative estimate of drug-likeness (QED) is 0.466. The Morgan fingerprint density at radius 3 is 2.70 bits per heavy atom. The van der Waals surface area contributed by atoms with Crippen LogP contribution in [0, 0.1) is 12.3 Å². The minimum atomic E-state index is -0.0876. The molecule has 0 bridgehead atoms. The summed E-state index contributed by atoms with van der Waals surface area (Å²) in [6.45, 7) is 2.92. The molecule has 0 spiro atoms. The van der Waals surface area contributed by atoms with Crippen LogP contribution in [0.25, 0.3) is 0 Å². The number of terminal acetylenes is 1. The number of nitrogens with one attached hydrogen (secondary N) is 1. The Morgan fingerprint density at radius 1 is 1.30 bits per heavy atom. The first-order valence-electron chi connectivity index (χ1n) is 8.59. The number of benzene rings is 1. The minimum Gasteiger partial charge on any atom is -0.382 e. The van der Waals surface area contributed by atoms with E-state index in [1.54, 1.807) is 11.8 Å². The molecule has 0 aliphatic rings. The molecule has 2 rings (SSSR count). The number of methoxy groups -OCH3 is 1. The van der Waals surface area contributed by atoms with Crippen LogP contribution in [0.3, 0.4) is 0 Å². The maximum absolute atomic E-state index is 10.9. The SMILES string of the molecule is C#CCNC(=O)CCOCCOC.NCc1cn(Cc2ccccc2)nn1. The molecule has 0 fully saturated rings. The lowest BCUT2D eigenvalue weighted by Gasteiger charge is -2.03. The number of rotatable bonds is 10. The lowest BCUT2D eigenvalue weighted by atomic mass is 10.2. The zero-order chi connectivity index (χ0) is 19.7. The van der Waals surface area contributed by atoms with Crippen molar-refractivity contribution in [1.29, 1.82) is 0 Å². The fraction of sp³-hybridized carbons (Fsp3) is 0.421. The van der Waals surface area contributed by atoms with E-state index in [9.17, 15) is 4.79 Å². The molecule has 0 atom stereocenters. The Balaban J connectivity index is 0.000000271. The summed E-state index contributed by atoms with van der Waals surface area (Å²) < 4.78 is 11.6. The topological polar surface area (TPSA) is 104 Å². The van der Waals surface area contributed by atoms with Gasteiger partial charge in [-0.25, -0.2) is 4.68 Å². The molecule has 1 heterocycles. The Kier molecular flexibility index (Phi) is 11.9. The van der Waals surface area contributed by atoms with Crippen LogP contribution in [-0.4, -0.2) is 54.4 Å². The van der Waals surface area contributed by atoms with E-state index in [0.29, 0.717) is 32.8 Å². The standard InChI is InChI=1S/C10H12N4.C9H15NO3/c11-6-10-8-14(13-12-10)7-9-4-2-1-3-5-9;1-3-5-10-9(11)4-6-13-8-7-12-2/h1-5,8H,6-7,11H2;1H,4-8H2,2H3,(H,10,11). The second kappa shape index (κ2) is 14.4. The largest absolute Gasteiger partial charge is 0.382 e. The van der Waals surface area contributed by atoms with Crippen molar-refractivity contribution in [1.82, 2.24) is 20.3 Å². The molecule has 2 aromatic rings. The fourth-order valence-corrected chi connectivity index (χ4v) is 1.93. The summed E-state index contributed by atoms with van der Waals surface area (Å²) in [6.07, 6.45) is 7.17. The van der Waals surface area contributed by atoms with E-state index in [4.69, 9.17) is 21.6 Å². The summed E-state index contributed by atoms with van der Waals surface area (Å²) in [5, 5.41) is 10.4. The second-order valence-corrected chi connectivity index (χ2v) is 5.43. The molecule has 3 N–H and O–H groups in total. The number of amides is 1. The first-order valence-corrected chi connectivity index (χ1v) is 8.59. The molecular formula is C19H27N5O3. The van der Waals surface area contributed by atoms with Crippen molar-refractivity contribution in [2.75, 3.05) is 33.5 Å². The van der Waals surface area contributed by atoms with Gasteiger partial charge >= 0.3 is 0 Å². The molecule has 146 valence electrons.